The fourth-order valence-electron chi connectivity index (χ4n) is 2.59. The van der Waals surface area contributed by atoms with Crippen molar-refractivity contribution in [2.24, 2.45) is 0 Å². The van der Waals surface area contributed by atoms with E-state index < -0.39 is 0 Å². The van der Waals surface area contributed by atoms with Gasteiger partial charge in [0.2, 0.25) is 0 Å². The fraction of sp³-hybridized carbons (Fsp3) is 0.400. The maximum absolute atomic E-state index is 4.50. The Hall–Kier alpha value is -1.61. The number of benzene rings is 1. The van der Waals surface area contributed by atoms with Crippen LogP contribution in [0.5, 0.6) is 0 Å². The minimum absolute atomic E-state index is 0.540. The molecule has 1 fully saturated rings. The largest absolute Gasteiger partial charge is 0.367 e. The molecule has 1 aromatic carbocycles. The molecule has 0 bridgehead atoms. The lowest BCUT2D eigenvalue weighted by Gasteiger charge is -2.17. The molecule has 1 unspecified atom stereocenters. The molecule has 3 heteroatoms. The van der Waals surface area contributed by atoms with Crippen LogP contribution in [0.1, 0.15) is 19.3 Å². The van der Waals surface area contributed by atoms with Gasteiger partial charge in [-0.25, -0.2) is 4.98 Å². The number of aromatic nitrogens is 1. The summed E-state index contributed by atoms with van der Waals surface area (Å²) in [6, 6.07) is 11.0. The summed E-state index contributed by atoms with van der Waals surface area (Å²) in [6.45, 7) is 2.24. The van der Waals surface area contributed by atoms with Crippen molar-refractivity contribution in [3.8, 4) is 0 Å². The van der Waals surface area contributed by atoms with E-state index in [-0.39, 0.29) is 0 Å². The number of nitrogens with one attached hydrogen (secondary N) is 2. The van der Waals surface area contributed by atoms with Crippen molar-refractivity contribution >= 4 is 16.6 Å². The Bertz CT molecular complexity index is 511. The van der Waals surface area contributed by atoms with Gasteiger partial charge in [-0.1, -0.05) is 24.3 Å². The Morgan fingerprint density at radius 2 is 2.06 bits per heavy atom. The average Bonchev–Trinajstić information content (AvgIpc) is 2.68. The standard InChI is InChI=1S/C15H19N3/c1-2-6-14-12(4-1)7-11-17-15(14)18-13-5-3-9-16-10-8-13/h1-2,4,6-7,11,13,16H,3,5,8-10H2,(H,17,18). The lowest BCUT2D eigenvalue weighted by atomic mass is 10.1. The van der Waals surface area contributed by atoms with Crippen molar-refractivity contribution in [1.82, 2.24) is 10.3 Å². The summed E-state index contributed by atoms with van der Waals surface area (Å²) in [6.07, 6.45) is 5.52. The summed E-state index contributed by atoms with van der Waals surface area (Å²) >= 11 is 0. The molecular weight excluding hydrogens is 222 g/mol. The Morgan fingerprint density at radius 3 is 3.06 bits per heavy atom. The minimum atomic E-state index is 0.540. The van der Waals surface area contributed by atoms with Crippen LogP contribution in [0.15, 0.2) is 36.5 Å². The average molecular weight is 241 g/mol. The number of fused-ring (bicyclic) bond motifs is 1. The topological polar surface area (TPSA) is 37.0 Å². The second-order valence-corrected chi connectivity index (χ2v) is 4.90. The predicted molar refractivity (Wildman–Crippen MR) is 75.9 cm³/mol. The van der Waals surface area contributed by atoms with Crippen LogP contribution in [0.25, 0.3) is 10.8 Å². The van der Waals surface area contributed by atoms with Gasteiger partial charge in [0.15, 0.2) is 0 Å². The van der Waals surface area contributed by atoms with Crippen molar-refractivity contribution in [1.29, 1.82) is 0 Å². The molecular formula is C15H19N3. The zero-order valence-electron chi connectivity index (χ0n) is 10.5. The first kappa shape index (κ1) is 11.5. The molecule has 1 aromatic heterocycles. The molecule has 0 saturated carbocycles. The summed E-state index contributed by atoms with van der Waals surface area (Å²) in [4.78, 5) is 4.50. The number of pyridine rings is 1. The van der Waals surface area contributed by atoms with Crippen LogP contribution < -0.4 is 10.6 Å². The van der Waals surface area contributed by atoms with E-state index in [1.54, 1.807) is 0 Å². The molecule has 94 valence electrons. The number of nitrogens with zero attached hydrogens (tertiary/aromatic N) is 1. The van der Waals surface area contributed by atoms with E-state index in [2.05, 4.69) is 45.9 Å². The number of hydrogen-bond donors (Lipinski definition) is 2. The minimum Gasteiger partial charge on any atom is -0.367 e. The predicted octanol–water partition coefficient (Wildman–Crippen LogP) is 2.79. The van der Waals surface area contributed by atoms with Gasteiger partial charge in [-0.15, -0.1) is 0 Å². The summed E-state index contributed by atoms with van der Waals surface area (Å²) < 4.78 is 0. The normalized spacial score (nSPS) is 20.6. The maximum Gasteiger partial charge on any atom is 0.134 e. The highest BCUT2D eigenvalue weighted by molar-refractivity contribution is 5.91. The second-order valence-electron chi connectivity index (χ2n) is 4.90. The quantitative estimate of drug-likeness (QED) is 0.849. The molecule has 0 aliphatic carbocycles. The molecule has 1 atom stereocenters. The van der Waals surface area contributed by atoms with Crippen LogP contribution in [-0.2, 0) is 0 Å². The van der Waals surface area contributed by atoms with Crippen LogP contribution in [0, 0.1) is 0 Å². The first-order valence-electron chi connectivity index (χ1n) is 6.74. The Kier molecular flexibility index (Phi) is 3.42. The van der Waals surface area contributed by atoms with Crippen molar-refractivity contribution in [2.75, 3.05) is 18.4 Å². The van der Waals surface area contributed by atoms with E-state index in [1.807, 2.05) is 6.20 Å². The first-order chi connectivity index (χ1) is 8.93. The van der Waals surface area contributed by atoms with Gasteiger partial charge in [0.25, 0.3) is 0 Å². The maximum atomic E-state index is 4.50. The summed E-state index contributed by atoms with van der Waals surface area (Å²) in [5.74, 6) is 1.03. The SMILES string of the molecule is c1ccc2c(NC3CCCNCC3)nccc2c1. The summed E-state index contributed by atoms with van der Waals surface area (Å²) in [7, 11) is 0. The van der Waals surface area contributed by atoms with Gasteiger partial charge in [0.1, 0.15) is 5.82 Å². The fourth-order valence-corrected chi connectivity index (χ4v) is 2.59. The zero-order chi connectivity index (χ0) is 12.2. The Balaban J connectivity index is 1.85. The molecule has 0 radical (unpaired) electrons. The smallest absolute Gasteiger partial charge is 0.134 e. The molecule has 2 N–H and O–H groups in total. The molecule has 2 aromatic rings. The molecule has 2 heterocycles. The highest BCUT2D eigenvalue weighted by atomic mass is 15.0. The Morgan fingerprint density at radius 1 is 1.11 bits per heavy atom. The molecule has 18 heavy (non-hydrogen) atoms. The number of anilines is 1. The Labute approximate surface area is 108 Å². The summed E-state index contributed by atoms with van der Waals surface area (Å²) in [5, 5.41) is 9.52. The van der Waals surface area contributed by atoms with Gasteiger partial charge in [0.05, 0.1) is 0 Å². The van der Waals surface area contributed by atoms with Gasteiger partial charge < -0.3 is 10.6 Å². The molecule has 0 spiro atoms. The van der Waals surface area contributed by atoms with Gasteiger partial charge >= 0.3 is 0 Å². The zero-order valence-corrected chi connectivity index (χ0v) is 10.5. The molecule has 1 aliphatic rings. The van der Waals surface area contributed by atoms with E-state index >= 15 is 0 Å². The van der Waals surface area contributed by atoms with E-state index in [1.165, 1.54) is 30.0 Å². The van der Waals surface area contributed by atoms with Gasteiger partial charge in [-0.05, 0) is 43.8 Å². The molecule has 1 aliphatic heterocycles. The molecule has 0 amide bonds. The highest BCUT2D eigenvalue weighted by Gasteiger charge is 2.13. The van der Waals surface area contributed by atoms with Crippen LogP contribution in [-0.4, -0.2) is 24.1 Å². The molecule has 1 saturated heterocycles. The van der Waals surface area contributed by atoms with E-state index in [0.717, 1.165) is 18.9 Å². The summed E-state index contributed by atoms with van der Waals surface area (Å²) in [5.41, 5.74) is 0. The van der Waals surface area contributed by atoms with E-state index in [4.69, 9.17) is 0 Å². The third kappa shape index (κ3) is 2.46. The first-order valence-corrected chi connectivity index (χ1v) is 6.74. The van der Waals surface area contributed by atoms with Crippen molar-refractivity contribution in [3.63, 3.8) is 0 Å². The van der Waals surface area contributed by atoms with E-state index in [9.17, 15) is 0 Å². The van der Waals surface area contributed by atoms with Crippen LogP contribution in [0.2, 0.25) is 0 Å². The highest BCUT2D eigenvalue weighted by Crippen LogP contribution is 2.22. The van der Waals surface area contributed by atoms with Crippen LogP contribution in [0.4, 0.5) is 5.82 Å². The molecule has 3 nitrogen and oxygen atoms in total. The number of rotatable bonds is 2. The lowest BCUT2D eigenvalue weighted by Crippen LogP contribution is -2.22. The monoisotopic (exact) mass is 241 g/mol. The lowest BCUT2D eigenvalue weighted by molar-refractivity contribution is 0.636. The number of hydrogen-bond acceptors (Lipinski definition) is 3. The second kappa shape index (κ2) is 5.36. The molecule has 3 rings (SSSR count). The van der Waals surface area contributed by atoms with Gasteiger partial charge in [-0.3, -0.25) is 0 Å². The van der Waals surface area contributed by atoms with Crippen molar-refractivity contribution in [2.45, 2.75) is 25.3 Å². The van der Waals surface area contributed by atoms with Crippen LogP contribution >= 0.6 is 0 Å². The third-order valence-electron chi connectivity index (χ3n) is 3.59. The van der Waals surface area contributed by atoms with Gasteiger partial charge in [-0.2, -0.15) is 0 Å². The van der Waals surface area contributed by atoms with Gasteiger partial charge in [0, 0.05) is 17.6 Å². The van der Waals surface area contributed by atoms with E-state index in [0.29, 0.717) is 6.04 Å². The van der Waals surface area contributed by atoms with Crippen molar-refractivity contribution in [3.05, 3.63) is 36.5 Å². The van der Waals surface area contributed by atoms with Crippen molar-refractivity contribution < 1.29 is 0 Å². The third-order valence-corrected chi connectivity index (χ3v) is 3.59. The van der Waals surface area contributed by atoms with Crippen LogP contribution in [0.3, 0.4) is 0 Å².